The number of hydrogen-bond donors (Lipinski definition) is 0. The standard InChI is InChI=1S/C40H25NO/c1-3-11-26(12-4-1)30-21-31(27-13-5-2-6-14-27)23-32(22-30)41-35-18-10-9-17-33(35)39-36(41)19-20-37-40(39)34-24-28-15-7-8-16-29(28)25-38(34)42-37/h1-25H. The molecule has 0 fully saturated rings. The Balaban J connectivity index is 1.40. The Hall–Kier alpha value is -5.60. The van der Waals surface area contributed by atoms with Crippen LogP contribution in [0.4, 0.5) is 0 Å². The van der Waals surface area contributed by atoms with E-state index in [0.29, 0.717) is 0 Å². The largest absolute Gasteiger partial charge is 0.456 e. The Kier molecular flexibility index (Phi) is 4.93. The predicted octanol–water partition coefficient (Wildman–Crippen LogP) is 11.2. The lowest BCUT2D eigenvalue weighted by atomic mass is 9.98. The molecule has 0 radical (unpaired) electrons. The molecule has 0 unspecified atom stereocenters. The summed E-state index contributed by atoms with van der Waals surface area (Å²) in [6.45, 7) is 0. The Bertz CT molecular complexity index is 2390. The second-order valence-electron chi connectivity index (χ2n) is 11.0. The molecule has 0 saturated carbocycles. The highest BCUT2D eigenvalue weighted by atomic mass is 16.3. The lowest BCUT2D eigenvalue weighted by Gasteiger charge is -2.14. The van der Waals surface area contributed by atoms with Crippen molar-refractivity contribution in [2.24, 2.45) is 0 Å². The van der Waals surface area contributed by atoms with Crippen LogP contribution in [0.25, 0.3) is 82.5 Å². The number of fused-ring (bicyclic) bond motifs is 8. The van der Waals surface area contributed by atoms with Gasteiger partial charge in [0.2, 0.25) is 0 Å². The van der Waals surface area contributed by atoms with Gasteiger partial charge in [0.05, 0.1) is 11.0 Å². The topological polar surface area (TPSA) is 18.1 Å². The van der Waals surface area contributed by atoms with Gasteiger partial charge in [-0.1, -0.05) is 103 Å². The Labute approximate surface area is 242 Å². The fourth-order valence-electron chi connectivity index (χ4n) is 6.62. The molecule has 0 aliphatic rings. The second kappa shape index (κ2) is 8.95. The smallest absolute Gasteiger partial charge is 0.136 e. The van der Waals surface area contributed by atoms with Gasteiger partial charge < -0.3 is 8.98 Å². The first-order valence-electron chi connectivity index (χ1n) is 14.4. The molecule has 2 aromatic heterocycles. The number of rotatable bonds is 3. The number of para-hydroxylation sites is 1. The minimum atomic E-state index is 0.915. The SMILES string of the molecule is c1ccc(-c2cc(-c3ccccc3)cc(-n3c4ccccc4c4c5c(ccc43)oc3cc4ccccc4cc35)c2)cc1. The summed E-state index contributed by atoms with van der Waals surface area (Å²) in [4.78, 5) is 0. The highest BCUT2D eigenvalue weighted by Gasteiger charge is 2.20. The third-order valence-electron chi connectivity index (χ3n) is 8.53. The molecule has 0 N–H and O–H groups in total. The molecule has 0 bridgehead atoms. The maximum Gasteiger partial charge on any atom is 0.136 e. The normalized spacial score (nSPS) is 11.8. The van der Waals surface area contributed by atoms with Gasteiger partial charge in [0.25, 0.3) is 0 Å². The Morgan fingerprint density at radius 2 is 1.00 bits per heavy atom. The van der Waals surface area contributed by atoms with Crippen molar-refractivity contribution in [3.05, 3.63) is 152 Å². The van der Waals surface area contributed by atoms with Crippen molar-refractivity contribution in [2.45, 2.75) is 0 Å². The summed E-state index contributed by atoms with van der Waals surface area (Å²) in [6.07, 6.45) is 0. The Morgan fingerprint density at radius 3 is 1.71 bits per heavy atom. The van der Waals surface area contributed by atoms with Gasteiger partial charge in [-0.3, -0.25) is 0 Å². The average molecular weight is 536 g/mol. The first-order chi connectivity index (χ1) is 20.8. The van der Waals surface area contributed by atoms with E-state index in [4.69, 9.17) is 4.42 Å². The molecular weight excluding hydrogens is 510 g/mol. The van der Waals surface area contributed by atoms with Crippen molar-refractivity contribution >= 4 is 54.5 Å². The minimum Gasteiger partial charge on any atom is -0.456 e. The molecule has 0 atom stereocenters. The molecule has 0 aliphatic carbocycles. The zero-order valence-corrected chi connectivity index (χ0v) is 22.8. The van der Waals surface area contributed by atoms with Crippen molar-refractivity contribution in [1.29, 1.82) is 0 Å². The number of benzene rings is 7. The van der Waals surface area contributed by atoms with Gasteiger partial charge in [0, 0.05) is 27.2 Å². The van der Waals surface area contributed by atoms with Crippen LogP contribution in [0.3, 0.4) is 0 Å². The minimum absolute atomic E-state index is 0.915. The quantitative estimate of drug-likeness (QED) is 0.220. The van der Waals surface area contributed by atoms with Crippen LogP contribution in [0.1, 0.15) is 0 Å². The van der Waals surface area contributed by atoms with E-state index in [9.17, 15) is 0 Å². The Morgan fingerprint density at radius 1 is 0.381 bits per heavy atom. The van der Waals surface area contributed by atoms with Crippen LogP contribution in [0.5, 0.6) is 0 Å². The molecule has 2 heteroatoms. The van der Waals surface area contributed by atoms with E-state index in [1.807, 2.05) is 0 Å². The van der Waals surface area contributed by atoms with Crippen molar-refractivity contribution in [1.82, 2.24) is 4.57 Å². The third kappa shape index (κ3) is 3.45. The highest BCUT2D eigenvalue weighted by Crippen LogP contribution is 2.43. The highest BCUT2D eigenvalue weighted by molar-refractivity contribution is 6.28. The molecule has 2 nitrogen and oxygen atoms in total. The van der Waals surface area contributed by atoms with Crippen molar-refractivity contribution in [2.75, 3.05) is 0 Å². The summed E-state index contributed by atoms with van der Waals surface area (Å²) in [5, 5.41) is 7.18. The molecule has 0 amide bonds. The molecule has 7 aromatic carbocycles. The zero-order chi connectivity index (χ0) is 27.6. The summed E-state index contributed by atoms with van der Waals surface area (Å²) >= 11 is 0. The number of aromatic nitrogens is 1. The van der Waals surface area contributed by atoms with Crippen LogP contribution in [-0.2, 0) is 0 Å². The van der Waals surface area contributed by atoms with E-state index in [1.165, 1.54) is 60.2 Å². The van der Waals surface area contributed by atoms with Crippen LogP contribution in [0, 0.1) is 0 Å². The maximum absolute atomic E-state index is 6.48. The third-order valence-corrected chi connectivity index (χ3v) is 8.53. The van der Waals surface area contributed by atoms with Gasteiger partial charge in [-0.05, 0) is 81.6 Å². The van der Waals surface area contributed by atoms with Gasteiger partial charge in [-0.15, -0.1) is 0 Å². The molecule has 9 aromatic rings. The van der Waals surface area contributed by atoms with Crippen molar-refractivity contribution < 1.29 is 4.42 Å². The summed E-state index contributed by atoms with van der Waals surface area (Å²) in [5.74, 6) is 0. The van der Waals surface area contributed by atoms with Crippen LogP contribution in [0.2, 0.25) is 0 Å². The molecule has 42 heavy (non-hydrogen) atoms. The number of hydrogen-bond acceptors (Lipinski definition) is 1. The molecule has 9 rings (SSSR count). The first kappa shape index (κ1) is 23.1. The first-order valence-corrected chi connectivity index (χ1v) is 14.4. The van der Waals surface area contributed by atoms with Crippen LogP contribution in [0.15, 0.2) is 156 Å². The number of nitrogens with zero attached hydrogens (tertiary/aromatic N) is 1. The van der Waals surface area contributed by atoms with E-state index in [0.717, 1.165) is 22.2 Å². The molecule has 2 heterocycles. The molecule has 0 spiro atoms. The second-order valence-corrected chi connectivity index (χ2v) is 11.0. The van der Waals surface area contributed by atoms with Crippen LogP contribution in [-0.4, -0.2) is 4.57 Å². The summed E-state index contributed by atoms with van der Waals surface area (Å²) in [7, 11) is 0. The maximum atomic E-state index is 6.48. The molecule has 0 aliphatic heterocycles. The molecule has 196 valence electrons. The van der Waals surface area contributed by atoms with Crippen LogP contribution < -0.4 is 0 Å². The summed E-state index contributed by atoms with van der Waals surface area (Å²) < 4.78 is 8.90. The predicted molar refractivity (Wildman–Crippen MR) is 176 cm³/mol. The van der Waals surface area contributed by atoms with E-state index in [1.54, 1.807) is 0 Å². The van der Waals surface area contributed by atoms with Gasteiger partial charge in [0.1, 0.15) is 11.2 Å². The van der Waals surface area contributed by atoms with Crippen molar-refractivity contribution in [3.8, 4) is 27.9 Å². The monoisotopic (exact) mass is 535 g/mol. The summed E-state index contributed by atoms with van der Waals surface area (Å²) in [6, 6.07) is 54.3. The van der Waals surface area contributed by atoms with Gasteiger partial charge in [-0.25, -0.2) is 0 Å². The van der Waals surface area contributed by atoms with Gasteiger partial charge in [-0.2, -0.15) is 0 Å². The fraction of sp³-hybridized carbons (Fsp3) is 0. The van der Waals surface area contributed by atoms with E-state index < -0.39 is 0 Å². The van der Waals surface area contributed by atoms with Crippen LogP contribution >= 0.6 is 0 Å². The molecule has 0 saturated heterocycles. The van der Waals surface area contributed by atoms with Crippen molar-refractivity contribution in [3.63, 3.8) is 0 Å². The van der Waals surface area contributed by atoms with E-state index >= 15 is 0 Å². The average Bonchev–Trinajstić information content (AvgIpc) is 3.59. The molecular formula is C40H25NO. The van der Waals surface area contributed by atoms with E-state index in [2.05, 4.69) is 156 Å². The lowest BCUT2D eigenvalue weighted by Crippen LogP contribution is -1.96. The van der Waals surface area contributed by atoms with Gasteiger partial charge >= 0.3 is 0 Å². The van der Waals surface area contributed by atoms with Gasteiger partial charge in [0.15, 0.2) is 0 Å². The number of furan rings is 1. The summed E-state index contributed by atoms with van der Waals surface area (Å²) in [5.41, 5.74) is 10.1. The fourth-order valence-corrected chi connectivity index (χ4v) is 6.62. The zero-order valence-electron chi connectivity index (χ0n) is 22.8. The van der Waals surface area contributed by atoms with E-state index in [-0.39, 0.29) is 0 Å². The lowest BCUT2D eigenvalue weighted by molar-refractivity contribution is 0.670.